The number of benzene rings is 2. The Bertz CT molecular complexity index is 957. The van der Waals surface area contributed by atoms with E-state index in [-0.39, 0.29) is 12.5 Å². The van der Waals surface area contributed by atoms with Gasteiger partial charge in [-0.15, -0.1) is 0 Å². The van der Waals surface area contributed by atoms with Crippen LogP contribution in [-0.4, -0.2) is 49.2 Å². The van der Waals surface area contributed by atoms with Crippen LogP contribution >= 0.6 is 0 Å². The van der Waals surface area contributed by atoms with Gasteiger partial charge >= 0.3 is 6.09 Å². The molecule has 1 aliphatic heterocycles. The van der Waals surface area contributed by atoms with Crippen molar-refractivity contribution in [3.05, 3.63) is 66.2 Å². The van der Waals surface area contributed by atoms with Crippen molar-refractivity contribution in [1.29, 1.82) is 0 Å². The van der Waals surface area contributed by atoms with Crippen LogP contribution in [0.5, 0.6) is 0 Å². The van der Waals surface area contributed by atoms with Crippen LogP contribution < -0.4 is 15.5 Å². The second-order valence-corrected chi connectivity index (χ2v) is 8.66. The SMILES string of the molecule is CN(C(=O)C1(NC(=O)C(C)(C)NC(=O)OCc2ccccc2)CCOCC1)c1ccccc1. The van der Waals surface area contributed by atoms with E-state index in [1.807, 2.05) is 60.7 Å². The fourth-order valence-electron chi connectivity index (χ4n) is 3.65. The molecule has 0 radical (unpaired) electrons. The molecular formula is C25H31N3O5. The number of likely N-dealkylation sites (N-methyl/N-ethyl adjacent to an activating group) is 1. The summed E-state index contributed by atoms with van der Waals surface area (Å²) in [6, 6.07) is 18.5. The molecule has 0 aromatic heterocycles. The molecule has 1 fully saturated rings. The van der Waals surface area contributed by atoms with Crippen molar-refractivity contribution in [2.45, 2.75) is 44.4 Å². The summed E-state index contributed by atoms with van der Waals surface area (Å²) in [6.07, 6.45) is -0.0419. The highest BCUT2D eigenvalue weighted by atomic mass is 16.5. The Morgan fingerprint density at radius 1 is 1.00 bits per heavy atom. The van der Waals surface area contributed by atoms with E-state index in [0.717, 1.165) is 11.3 Å². The van der Waals surface area contributed by atoms with Gasteiger partial charge in [0.15, 0.2) is 0 Å². The lowest BCUT2D eigenvalue weighted by Crippen LogP contribution is -2.66. The van der Waals surface area contributed by atoms with Crippen LogP contribution in [0, 0.1) is 0 Å². The monoisotopic (exact) mass is 453 g/mol. The third-order valence-electron chi connectivity index (χ3n) is 5.75. The molecule has 3 rings (SSSR count). The predicted octanol–water partition coefficient (Wildman–Crippen LogP) is 3.02. The summed E-state index contributed by atoms with van der Waals surface area (Å²) in [5.74, 6) is -0.705. The summed E-state index contributed by atoms with van der Waals surface area (Å²) < 4.78 is 10.7. The van der Waals surface area contributed by atoms with Crippen LogP contribution in [-0.2, 0) is 25.7 Å². The summed E-state index contributed by atoms with van der Waals surface area (Å²) >= 11 is 0. The minimum absolute atomic E-state index is 0.0893. The average Bonchev–Trinajstić information content (AvgIpc) is 2.83. The van der Waals surface area contributed by atoms with Gasteiger partial charge in [0.1, 0.15) is 17.7 Å². The highest BCUT2D eigenvalue weighted by molar-refractivity contribution is 6.03. The fraction of sp³-hybridized carbons (Fsp3) is 0.400. The Kier molecular flexibility index (Phi) is 7.71. The van der Waals surface area contributed by atoms with Crippen LogP contribution in [0.15, 0.2) is 60.7 Å². The molecule has 0 aliphatic carbocycles. The molecule has 2 aromatic rings. The molecule has 0 unspecified atom stereocenters. The topological polar surface area (TPSA) is 97.0 Å². The van der Waals surface area contributed by atoms with Crippen molar-refractivity contribution in [1.82, 2.24) is 10.6 Å². The zero-order valence-corrected chi connectivity index (χ0v) is 19.3. The number of carbonyl (C=O) groups is 3. The first kappa shape index (κ1) is 24.3. The first-order valence-electron chi connectivity index (χ1n) is 11.0. The third-order valence-corrected chi connectivity index (χ3v) is 5.75. The Hall–Kier alpha value is -3.39. The summed E-state index contributed by atoms with van der Waals surface area (Å²) in [7, 11) is 1.69. The maximum atomic E-state index is 13.5. The van der Waals surface area contributed by atoms with Gasteiger partial charge in [0.25, 0.3) is 5.91 Å². The molecular weight excluding hydrogens is 422 g/mol. The lowest BCUT2D eigenvalue weighted by atomic mass is 9.86. The number of nitrogens with one attached hydrogen (secondary N) is 2. The van der Waals surface area contributed by atoms with E-state index < -0.39 is 23.1 Å². The Morgan fingerprint density at radius 3 is 2.18 bits per heavy atom. The summed E-state index contributed by atoms with van der Waals surface area (Å²) in [4.78, 5) is 40.6. The number of ether oxygens (including phenoxy) is 2. The molecule has 2 N–H and O–H groups in total. The molecule has 0 saturated carbocycles. The van der Waals surface area contributed by atoms with E-state index in [2.05, 4.69) is 10.6 Å². The van der Waals surface area contributed by atoms with Crippen LogP contribution in [0.3, 0.4) is 0 Å². The first-order chi connectivity index (χ1) is 15.7. The smallest absolute Gasteiger partial charge is 0.408 e. The van der Waals surface area contributed by atoms with E-state index in [1.54, 1.807) is 25.8 Å². The molecule has 1 aliphatic rings. The molecule has 176 valence electrons. The lowest BCUT2D eigenvalue weighted by molar-refractivity contribution is -0.138. The summed E-state index contributed by atoms with van der Waals surface area (Å²) in [5, 5.41) is 5.53. The number of amides is 3. The zero-order chi connectivity index (χ0) is 23.9. The second-order valence-electron chi connectivity index (χ2n) is 8.66. The van der Waals surface area contributed by atoms with Gasteiger partial charge in [-0.3, -0.25) is 9.59 Å². The van der Waals surface area contributed by atoms with Gasteiger partial charge in [-0.05, 0) is 31.5 Å². The predicted molar refractivity (Wildman–Crippen MR) is 125 cm³/mol. The highest BCUT2D eigenvalue weighted by Crippen LogP contribution is 2.26. The summed E-state index contributed by atoms with van der Waals surface area (Å²) in [5.41, 5.74) is -0.868. The van der Waals surface area contributed by atoms with Crippen molar-refractivity contribution >= 4 is 23.6 Å². The number of alkyl carbamates (subject to hydrolysis) is 1. The van der Waals surface area contributed by atoms with Crippen LogP contribution in [0.1, 0.15) is 32.3 Å². The van der Waals surface area contributed by atoms with Crippen molar-refractivity contribution in [3.8, 4) is 0 Å². The molecule has 2 aromatic carbocycles. The largest absolute Gasteiger partial charge is 0.445 e. The number of rotatable bonds is 7. The normalized spacial score (nSPS) is 15.2. The number of nitrogens with zero attached hydrogens (tertiary/aromatic N) is 1. The Labute approximate surface area is 194 Å². The quantitative estimate of drug-likeness (QED) is 0.672. The summed E-state index contributed by atoms with van der Waals surface area (Å²) in [6.45, 7) is 3.93. The number of hydrogen-bond acceptors (Lipinski definition) is 5. The Morgan fingerprint density at radius 2 is 1.58 bits per heavy atom. The van der Waals surface area contributed by atoms with Crippen LogP contribution in [0.2, 0.25) is 0 Å². The molecule has 0 bridgehead atoms. The van der Waals surface area contributed by atoms with Gasteiger partial charge in [0, 0.05) is 38.8 Å². The molecule has 8 nitrogen and oxygen atoms in total. The molecule has 8 heteroatoms. The van der Waals surface area contributed by atoms with E-state index in [4.69, 9.17) is 9.47 Å². The minimum Gasteiger partial charge on any atom is -0.445 e. The average molecular weight is 454 g/mol. The highest BCUT2D eigenvalue weighted by Gasteiger charge is 2.46. The van der Waals surface area contributed by atoms with Crippen molar-refractivity contribution < 1.29 is 23.9 Å². The van der Waals surface area contributed by atoms with Gasteiger partial charge in [0.05, 0.1) is 0 Å². The maximum absolute atomic E-state index is 13.5. The molecule has 1 heterocycles. The van der Waals surface area contributed by atoms with E-state index in [9.17, 15) is 14.4 Å². The van der Waals surface area contributed by atoms with Gasteiger partial charge in [-0.1, -0.05) is 48.5 Å². The van der Waals surface area contributed by atoms with E-state index in [1.165, 1.54) is 0 Å². The molecule has 0 atom stereocenters. The molecule has 0 spiro atoms. The fourth-order valence-corrected chi connectivity index (χ4v) is 3.65. The second kappa shape index (κ2) is 10.5. The van der Waals surface area contributed by atoms with Crippen molar-refractivity contribution in [3.63, 3.8) is 0 Å². The van der Waals surface area contributed by atoms with Crippen molar-refractivity contribution in [2.24, 2.45) is 0 Å². The van der Waals surface area contributed by atoms with E-state index >= 15 is 0 Å². The van der Waals surface area contributed by atoms with Crippen molar-refractivity contribution in [2.75, 3.05) is 25.2 Å². The zero-order valence-electron chi connectivity index (χ0n) is 19.3. The van der Waals surface area contributed by atoms with Gasteiger partial charge < -0.3 is 25.0 Å². The first-order valence-corrected chi connectivity index (χ1v) is 11.0. The number of para-hydroxylation sites is 1. The Balaban J connectivity index is 1.68. The van der Waals surface area contributed by atoms with Gasteiger partial charge in [-0.2, -0.15) is 0 Å². The number of carbonyl (C=O) groups excluding carboxylic acids is 3. The molecule has 33 heavy (non-hydrogen) atoms. The number of hydrogen-bond donors (Lipinski definition) is 2. The van der Waals surface area contributed by atoms with E-state index in [0.29, 0.717) is 26.1 Å². The molecule has 3 amide bonds. The van der Waals surface area contributed by atoms with Gasteiger partial charge in [0.2, 0.25) is 5.91 Å². The lowest BCUT2D eigenvalue weighted by Gasteiger charge is -2.41. The third kappa shape index (κ3) is 6.10. The maximum Gasteiger partial charge on any atom is 0.408 e. The van der Waals surface area contributed by atoms with Gasteiger partial charge in [-0.25, -0.2) is 4.79 Å². The molecule has 1 saturated heterocycles. The van der Waals surface area contributed by atoms with Crippen LogP contribution in [0.25, 0.3) is 0 Å². The standard InChI is InChI=1S/C25H31N3O5/c1-24(2,27-23(31)33-18-19-10-6-4-7-11-19)21(29)26-25(14-16-32-17-15-25)22(30)28(3)20-12-8-5-9-13-20/h4-13H,14-18H2,1-3H3,(H,26,29)(H,27,31). The minimum atomic E-state index is -1.30. The van der Waals surface area contributed by atoms with Crippen LogP contribution in [0.4, 0.5) is 10.5 Å². The number of anilines is 1.